The molecule has 6 rings (SSSR count). The standard InChI is InChI=1S/C23H19N4OS3.CH4O4S/c1-25-15-7-3-5-9-17(15)29-19(25)11-14-12-20-27(13-24-14)22(28)21(31-20)23-26(2)16-8-4-6-10-18(16)30-23;1-5-6(2,3)4/h3-13,21,23H,1-2H3;1H3,(H,2,3,4)/q+1;/p-1. The van der Waals surface area contributed by atoms with Crippen LogP contribution in [0.4, 0.5) is 11.4 Å². The monoisotopic (exact) mass is 574 g/mol. The molecule has 0 saturated carbocycles. The highest BCUT2D eigenvalue weighted by Gasteiger charge is 2.46. The van der Waals surface area contributed by atoms with Gasteiger partial charge in [0.05, 0.1) is 23.5 Å². The maximum absolute atomic E-state index is 13.2. The summed E-state index contributed by atoms with van der Waals surface area (Å²) in [6, 6.07) is 18.7. The van der Waals surface area contributed by atoms with Crippen molar-refractivity contribution in [3.05, 3.63) is 71.6 Å². The predicted octanol–water partition coefficient (Wildman–Crippen LogP) is 3.69. The second-order valence-corrected chi connectivity index (χ2v) is 12.7. The van der Waals surface area contributed by atoms with Crippen LogP contribution in [0.3, 0.4) is 0 Å². The topological polar surface area (TPSA) is 107 Å². The summed E-state index contributed by atoms with van der Waals surface area (Å²) in [7, 11) is 0.544. The third kappa shape index (κ3) is 5.24. The smallest absolute Gasteiger partial charge is 0.331 e. The molecule has 0 N–H and O–H groups in total. The van der Waals surface area contributed by atoms with E-state index in [1.165, 1.54) is 21.2 Å². The number of rotatable bonds is 3. The number of hydrogen-bond donors (Lipinski definition) is 0. The van der Waals surface area contributed by atoms with E-state index in [4.69, 9.17) is 0 Å². The molecule has 9 nitrogen and oxygen atoms in total. The number of carbonyl (C=O) groups is 1. The minimum Gasteiger partial charge on any atom is -0.726 e. The molecule has 2 atom stereocenters. The van der Waals surface area contributed by atoms with Gasteiger partial charge in [0.25, 0.3) is 6.33 Å². The molecular formula is C24H22N4O5S4. The fraction of sp³-hybridized carbons (Fsp3) is 0.208. The van der Waals surface area contributed by atoms with Gasteiger partial charge < -0.3 is 14.4 Å². The molecule has 3 aromatic rings. The van der Waals surface area contributed by atoms with Gasteiger partial charge in [-0.25, -0.2) is 13.2 Å². The van der Waals surface area contributed by atoms with Crippen LogP contribution in [0.1, 0.15) is 10.5 Å². The molecule has 0 bridgehead atoms. The van der Waals surface area contributed by atoms with E-state index >= 15 is 0 Å². The summed E-state index contributed by atoms with van der Waals surface area (Å²) in [5, 5.41) is 1.98. The van der Waals surface area contributed by atoms with Gasteiger partial charge in [-0.3, -0.25) is 4.18 Å². The molecule has 0 saturated heterocycles. The number of carbonyl (C=O) groups excluding carboxylic acids is 1. The highest BCUT2D eigenvalue weighted by atomic mass is 32.3. The van der Waals surface area contributed by atoms with Crippen molar-refractivity contribution in [2.24, 2.45) is 0 Å². The van der Waals surface area contributed by atoms with E-state index in [1.807, 2.05) is 12.1 Å². The number of fused-ring (bicyclic) bond motifs is 3. The Kier molecular flexibility index (Phi) is 7.27. The molecule has 4 heterocycles. The minimum atomic E-state index is -4.41. The summed E-state index contributed by atoms with van der Waals surface area (Å²) in [5.41, 5.74) is 3.26. The summed E-state index contributed by atoms with van der Waals surface area (Å²) in [6.45, 7) is 0. The van der Waals surface area contributed by atoms with Gasteiger partial charge in [0.1, 0.15) is 10.6 Å². The highest BCUT2D eigenvalue weighted by molar-refractivity contribution is 8.04. The molecule has 3 aliphatic heterocycles. The van der Waals surface area contributed by atoms with Gasteiger partial charge in [-0.1, -0.05) is 59.6 Å². The predicted molar refractivity (Wildman–Crippen MR) is 145 cm³/mol. The average Bonchev–Trinajstić information content (AvgIpc) is 3.50. The van der Waals surface area contributed by atoms with Crippen molar-refractivity contribution in [3.63, 3.8) is 0 Å². The van der Waals surface area contributed by atoms with Crippen molar-refractivity contribution in [1.29, 1.82) is 0 Å². The maximum Gasteiger partial charge on any atom is 0.331 e. The third-order valence-corrected chi connectivity index (χ3v) is 10.4. The number of aromatic nitrogens is 2. The first-order chi connectivity index (χ1) is 17.7. The van der Waals surface area contributed by atoms with Crippen LogP contribution in [-0.2, 0) is 14.6 Å². The zero-order valence-electron chi connectivity index (χ0n) is 20.0. The van der Waals surface area contributed by atoms with Crippen LogP contribution in [-0.4, -0.2) is 55.7 Å². The van der Waals surface area contributed by atoms with E-state index in [1.54, 1.807) is 46.2 Å². The first-order valence-corrected chi connectivity index (χ1v) is 14.9. The van der Waals surface area contributed by atoms with E-state index in [0.29, 0.717) is 0 Å². The van der Waals surface area contributed by atoms with Crippen LogP contribution in [0.25, 0.3) is 6.08 Å². The Bertz CT molecular complexity index is 1510. The van der Waals surface area contributed by atoms with E-state index < -0.39 is 10.4 Å². The lowest BCUT2D eigenvalue weighted by molar-refractivity contribution is -0.613. The van der Waals surface area contributed by atoms with Crippen LogP contribution in [0.5, 0.6) is 0 Å². The fourth-order valence-electron chi connectivity index (χ4n) is 4.08. The Hall–Kier alpha value is -2.55. The molecule has 3 aliphatic rings. The molecule has 2 unspecified atom stereocenters. The lowest BCUT2D eigenvalue weighted by Gasteiger charge is -2.23. The lowest BCUT2D eigenvalue weighted by atomic mass is 10.2. The van der Waals surface area contributed by atoms with Gasteiger partial charge in [-0.2, -0.15) is 4.57 Å². The molecular weight excluding hydrogens is 553 g/mol. The van der Waals surface area contributed by atoms with Crippen molar-refractivity contribution in [3.8, 4) is 0 Å². The summed E-state index contributed by atoms with van der Waals surface area (Å²) < 4.78 is 32.7. The number of benzene rings is 2. The summed E-state index contributed by atoms with van der Waals surface area (Å²) >= 11 is 5.15. The van der Waals surface area contributed by atoms with Gasteiger partial charge in [-0.05, 0) is 29.2 Å². The zero-order valence-corrected chi connectivity index (χ0v) is 23.2. The van der Waals surface area contributed by atoms with E-state index in [0.717, 1.165) is 22.9 Å². The van der Waals surface area contributed by atoms with Crippen LogP contribution >= 0.6 is 35.3 Å². The van der Waals surface area contributed by atoms with Gasteiger partial charge in [0.15, 0.2) is 10.7 Å². The number of hydrogen-bond acceptors (Lipinski definition) is 11. The Morgan fingerprint density at radius 1 is 1.05 bits per heavy atom. The molecule has 1 aromatic heterocycles. The number of nitrogens with zero attached hydrogens (tertiary/aromatic N) is 4. The van der Waals surface area contributed by atoms with Gasteiger partial charge >= 0.3 is 5.91 Å². The van der Waals surface area contributed by atoms with Crippen LogP contribution in [0.2, 0.25) is 0 Å². The number of thioether (sulfide) groups is 3. The lowest BCUT2D eigenvalue weighted by Crippen LogP contribution is -2.49. The summed E-state index contributed by atoms with van der Waals surface area (Å²) in [4.78, 5) is 24.6. The van der Waals surface area contributed by atoms with E-state index in [9.17, 15) is 17.8 Å². The molecule has 0 aliphatic carbocycles. The van der Waals surface area contributed by atoms with Crippen molar-refractivity contribution in [2.45, 2.75) is 25.4 Å². The largest absolute Gasteiger partial charge is 0.726 e. The Morgan fingerprint density at radius 3 is 2.35 bits per heavy atom. The van der Waals surface area contributed by atoms with Crippen LogP contribution < -0.4 is 14.4 Å². The zero-order chi connectivity index (χ0) is 26.3. The molecule has 192 valence electrons. The molecule has 37 heavy (non-hydrogen) atoms. The molecule has 0 amide bonds. The SMILES string of the molecule is CN1/C(=C/c2cc3[n+](cn2)C(=O)C(C2Sc4ccccc4N2C)S3)Sc2ccccc21.COS(=O)(=O)[O-]. The fourth-order valence-corrected chi connectivity index (χ4v) is 7.98. The minimum absolute atomic E-state index is 0.0719. The van der Waals surface area contributed by atoms with Crippen molar-refractivity contribution in [1.82, 2.24) is 4.98 Å². The Labute approximate surface area is 227 Å². The normalized spacial score (nSPS) is 21.0. The maximum atomic E-state index is 13.2. The van der Waals surface area contributed by atoms with Crippen molar-refractivity contribution >= 4 is 69.0 Å². The van der Waals surface area contributed by atoms with Crippen molar-refractivity contribution in [2.75, 3.05) is 31.0 Å². The second-order valence-electron chi connectivity index (χ2n) is 8.17. The first-order valence-electron chi connectivity index (χ1n) is 11.0. The molecule has 2 aromatic carbocycles. The molecule has 13 heteroatoms. The first kappa shape index (κ1) is 26.1. The number of para-hydroxylation sites is 2. The second kappa shape index (κ2) is 10.3. The quantitative estimate of drug-likeness (QED) is 0.198. The van der Waals surface area contributed by atoms with Crippen LogP contribution in [0.15, 0.2) is 80.8 Å². The van der Waals surface area contributed by atoms with E-state index in [2.05, 4.69) is 81.6 Å². The third-order valence-electron chi connectivity index (χ3n) is 5.94. The van der Waals surface area contributed by atoms with Gasteiger partial charge in [0.2, 0.25) is 10.4 Å². The van der Waals surface area contributed by atoms with Gasteiger partial charge in [-0.15, -0.1) is 0 Å². The van der Waals surface area contributed by atoms with Crippen molar-refractivity contribution < 1.29 is 26.5 Å². The van der Waals surface area contributed by atoms with Crippen LogP contribution in [0, 0.1) is 0 Å². The van der Waals surface area contributed by atoms with Gasteiger partial charge in [0, 0.05) is 36.0 Å². The molecule has 0 radical (unpaired) electrons. The molecule has 0 fully saturated rings. The summed E-state index contributed by atoms with van der Waals surface area (Å²) in [5.74, 6) is 0.101. The Morgan fingerprint density at radius 2 is 1.70 bits per heavy atom. The van der Waals surface area contributed by atoms with E-state index in [-0.39, 0.29) is 16.5 Å². The average molecular weight is 575 g/mol. The highest BCUT2D eigenvalue weighted by Crippen LogP contribution is 2.48. The molecule has 0 spiro atoms. The Balaban J connectivity index is 0.000000421. The number of anilines is 2. The summed E-state index contributed by atoms with van der Waals surface area (Å²) in [6.07, 6.45) is 3.77.